The number of rotatable bonds is 12. The van der Waals surface area contributed by atoms with Crippen LogP contribution in [-0.2, 0) is 20.7 Å². The fraction of sp³-hybridized carbons (Fsp3) is 0.800. The van der Waals surface area contributed by atoms with Gasteiger partial charge in [-0.2, -0.15) is 0 Å². The fourth-order valence-electron chi connectivity index (χ4n) is 3.51. The summed E-state index contributed by atoms with van der Waals surface area (Å²) in [5.41, 5.74) is 0.859. The molecule has 1 N–H and O–H groups in total. The van der Waals surface area contributed by atoms with Crippen LogP contribution in [-0.4, -0.2) is 66.7 Å². The number of aromatic nitrogens is 1. The first-order valence-corrected chi connectivity index (χ1v) is 10.1. The van der Waals surface area contributed by atoms with Gasteiger partial charge in [0.2, 0.25) is 5.91 Å². The number of aliphatic hydroxyl groups excluding tert-OH is 1. The number of nitrogens with zero attached hydrogens (tertiary/aromatic N) is 2. The molecule has 27 heavy (non-hydrogen) atoms. The van der Waals surface area contributed by atoms with Crippen molar-refractivity contribution in [3.63, 3.8) is 0 Å². The van der Waals surface area contributed by atoms with Crippen molar-refractivity contribution < 1.29 is 23.9 Å². The lowest BCUT2D eigenvalue weighted by Crippen LogP contribution is -2.38. The topological polar surface area (TPSA) is 85.0 Å². The first-order chi connectivity index (χ1) is 13.0. The lowest BCUT2D eigenvalue weighted by Gasteiger charge is -2.27. The molecule has 2 unspecified atom stereocenters. The number of carbonyl (C=O) groups is 1. The zero-order chi connectivity index (χ0) is 19.6. The summed E-state index contributed by atoms with van der Waals surface area (Å²) in [6.07, 6.45) is 3.73. The lowest BCUT2D eigenvalue weighted by atomic mass is 9.91. The maximum absolute atomic E-state index is 13.0. The van der Waals surface area contributed by atoms with Gasteiger partial charge in [-0.1, -0.05) is 19.0 Å². The minimum Gasteiger partial charge on any atom is -0.394 e. The van der Waals surface area contributed by atoms with Crippen molar-refractivity contribution in [2.45, 2.75) is 58.4 Å². The van der Waals surface area contributed by atoms with Crippen LogP contribution in [0.15, 0.2) is 10.6 Å². The number of hydrogen-bond donors (Lipinski definition) is 1. The minimum absolute atomic E-state index is 0.0328. The maximum atomic E-state index is 13.0. The average molecular weight is 383 g/mol. The third kappa shape index (κ3) is 6.59. The monoisotopic (exact) mass is 382 g/mol. The largest absolute Gasteiger partial charge is 0.394 e. The molecule has 2 atom stereocenters. The molecule has 1 aromatic heterocycles. The number of ether oxygens (including phenoxy) is 2. The van der Waals surface area contributed by atoms with Crippen LogP contribution in [0.3, 0.4) is 0 Å². The third-order valence-corrected chi connectivity index (χ3v) is 4.98. The normalized spacial score (nSPS) is 18.4. The molecule has 2 rings (SSSR count). The SMILES string of the molecule is CC(C)C(C(=O)N1CCCC1C)c1cc(CCCOCCOCCO)no1. The second kappa shape index (κ2) is 11.4. The van der Waals surface area contributed by atoms with E-state index < -0.39 is 0 Å². The van der Waals surface area contributed by atoms with Crippen molar-refractivity contribution in [3.05, 3.63) is 17.5 Å². The van der Waals surface area contributed by atoms with Crippen molar-refractivity contribution >= 4 is 5.91 Å². The Morgan fingerprint density at radius 3 is 2.70 bits per heavy atom. The molecule has 1 amide bonds. The smallest absolute Gasteiger partial charge is 0.233 e. The molecule has 1 saturated heterocycles. The van der Waals surface area contributed by atoms with Crippen LogP contribution in [0.1, 0.15) is 57.4 Å². The first kappa shape index (κ1) is 21.9. The van der Waals surface area contributed by atoms with Gasteiger partial charge in [0, 0.05) is 25.3 Å². The van der Waals surface area contributed by atoms with E-state index in [0.29, 0.717) is 38.2 Å². The molecule has 1 aliphatic rings. The molecule has 0 radical (unpaired) electrons. The first-order valence-electron chi connectivity index (χ1n) is 10.1. The fourth-order valence-corrected chi connectivity index (χ4v) is 3.51. The van der Waals surface area contributed by atoms with Crippen LogP contribution in [0.2, 0.25) is 0 Å². The van der Waals surface area contributed by atoms with Gasteiger partial charge in [-0.05, 0) is 38.5 Å². The van der Waals surface area contributed by atoms with E-state index in [1.165, 1.54) is 0 Å². The Hall–Kier alpha value is -1.44. The Morgan fingerprint density at radius 1 is 1.33 bits per heavy atom. The molecule has 1 fully saturated rings. The molecular weight excluding hydrogens is 348 g/mol. The van der Waals surface area contributed by atoms with Crippen LogP contribution in [0.5, 0.6) is 0 Å². The summed E-state index contributed by atoms with van der Waals surface area (Å²) in [5, 5.41) is 12.8. The van der Waals surface area contributed by atoms with Gasteiger partial charge in [0.25, 0.3) is 0 Å². The quantitative estimate of drug-likeness (QED) is 0.559. The van der Waals surface area contributed by atoms with E-state index in [1.54, 1.807) is 0 Å². The summed E-state index contributed by atoms with van der Waals surface area (Å²) in [6, 6.07) is 2.23. The number of likely N-dealkylation sites (tertiary alicyclic amines) is 1. The standard InChI is InChI=1S/C20H34N2O5/c1-15(2)19(20(24)22-8-4-6-16(22)3)18-14-17(21-27-18)7-5-10-25-12-13-26-11-9-23/h14-16,19,23H,4-13H2,1-3H3. The average Bonchev–Trinajstić information content (AvgIpc) is 3.26. The Balaban J connectivity index is 1.80. The molecule has 0 spiro atoms. The van der Waals surface area contributed by atoms with Gasteiger partial charge in [-0.3, -0.25) is 4.79 Å². The van der Waals surface area contributed by atoms with E-state index in [0.717, 1.165) is 37.9 Å². The summed E-state index contributed by atoms with van der Waals surface area (Å²) in [7, 11) is 0. The van der Waals surface area contributed by atoms with Crippen molar-refractivity contribution in [2.24, 2.45) is 5.92 Å². The van der Waals surface area contributed by atoms with E-state index in [-0.39, 0.29) is 24.3 Å². The zero-order valence-electron chi connectivity index (χ0n) is 16.9. The van der Waals surface area contributed by atoms with Gasteiger partial charge in [0.1, 0.15) is 11.7 Å². The third-order valence-electron chi connectivity index (χ3n) is 4.98. The van der Waals surface area contributed by atoms with E-state index in [2.05, 4.69) is 25.9 Å². The molecule has 0 saturated carbocycles. The Morgan fingerprint density at radius 2 is 2.07 bits per heavy atom. The second-order valence-corrected chi connectivity index (χ2v) is 7.52. The highest BCUT2D eigenvalue weighted by atomic mass is 16.5. The van der Waals surface area contributed by atoms with E-state index in [4.69, 9.17) is 19.1 Å². The summed E-state index contributed by atoms with van der Waals surface area (Å²) in [4.78, 5) is 15.0. The molecule has 0 aliphatic carbocycles. The highest BCUT2D eigenvalue weighted by Gasteiger charge is 2.35. The van der Waals surface area contributed by atoms with Crippen LogP contribution in [0.25, 0.3) is 0 Å². The van der Waals surface area contributed by atoms with Gasteiger partial charge in [-0.25, -0.2) is 0 Å². The highest BCUT2D eigenvalue weighted by Crippen LogP contribution is 2.30. The summed E-state index contributed by atoms with van der Waals surface area (Å²) in [5.74, 6) is 0.714. The van der Waals surface area contributed by atoms with Crippen molar-refractivity contribution in [1.82, 2.24) is 10.1 Å². The highest BCUT2D eigenvalue weighted by molar-refractivity contribution is 5.83. The number of carbonyl (C=O) groups excluding carboxylic acids is 1. The van der Waals surface area contributed by atoms with Crippen molar-refractivity contribution in [1.29, 1.82) is 0 Å². The van der Waals surface area contributed by atoms with E-state index in [1.807, 2.05) is 11.0 Å². The molecule has 7 heteroatoms. The molecule has 1 aliphatic heterocycles. The molecule has 7 nitrogen and oxygen atoms in total. The Labute approximate surface area is 162 Å². The van der Waals surface area contributed by atoms with Crippen LogP contribution in [0, 0.1) is 5.92 Å². The molecule has 1 aromatic rings. The van der Waals surface area contributed by atoms with Gasteiger partial charge < -0.3 is 24.0 Å². The lowest BCUT2D eigenvalue weighted by molar-refractivity contribution is -0.134. The zero-order valence-corrected chi connectivity index (χ0v) is 16.9. The maximum Gasteiger partial charge on any atom is 0.233 e. The van der Waals surface area contributed by atoms with Gasteiger partial charge in [0.15, 0.2) is 0 Å². The summed E-state index contributed by atoms with van der Waals surface area (Å²) >= 11 is 0. The predicted octanol–water partition coefficient (Wildman–Crippen LogP) is 2.38. The molecule has 2 heterocycles. The van der Waals surface area contributed by atoms with Gasteiger partial charge >= 0.3 is 0 Å². The van der Waals surface area contributed by atoms with E-state index in [9.17, 15) is 4.79 Å². The molecule has 154 valence electrons. The van der Waals surface area contributed by atoms with Crippen molar-refractivity contribution in [2.75, 3.05) is 39.6 Å². The minimum atomic E-state index is -0.272. The number of hydrogen-bond acceptors (Lipinski definition) is 6. The van der Waals surface area contributed by atoms with Crippen LogP contribution < -0.4 is 0 Å². The summed E-state index contributed by atoms with van der Waals surface area (Å²) in [6.45, 7) is 9.05. The van der Waals surface area contributed by atoms with Crippen LogP contribution in [0.4, 0.5) is 0 Å². The number of amides is 1. The Kier molecular flexibility index (Phi) is 9.24. The Bertz CT molecular complexity index is 560. The number of aliphatic hydroxyl groups is 1. The second-order valence-electron chi connectivity index (χ2n) is 7.52. The van der Waals surface area contributed by atoms with E-state index >= 15 is 0 Å². The number of aryl methyl sites for hydroxylation is 1. The van der Waals surface area contributed by atoms with Gasteiger partial charge in [0.05, 0.1) is 32.1 Å². The molecule has 0 bridgehead atoms. The van der Waals surface area contributed by atoms with Crippen molar-refractivity contribution in [3.8, 4) is 0 Å². The molecule has 0 aromatic carbocycles. The summed E-state index contributed by atoms with van der Waals surface area (Å²) < 4.78 is 16.2. The molecular formula is C20H34N2O5. The van der Waals surface area contributed by atoms with Crippen LogP contribution >= 0.6 is 0 Å². The van der Waals surface area contributed by atoms with Gasteiger partial charge in [-0.15, -0.1) is 0 Å². The predicted molar refractivity (Wildman–Crippen MR) is 102 cm³/mol.